The normalized spacial score (nSPS) is 13.8. The zero-order chi connectivity index (χ0) is 23.0. The van der Waals surface area contributed by atoms with E-state index in [4.69, 9.17) is 5.73 Å². The van der Waals surface area contributed by atoms with Gasteiger partial charge in [0.25, 0.3) is 0 Å². The van der Waals surface area contributed by atoms with Crippen molar-refractivity contribution < 1.29 is 4.39 Å². The van der Waals surface area contributed by atoms with Gasteiger partial charge < -0.3 is 5.73 Å². The van der Waals surface area contributed by atoms with Gasteiger partial charge in [-0.15, -0.1) is 0 Å². The van der Waals surface area contributed by atoms with Crippen LogP contribution in [0.15, 0.2) is 54.1 Å². The van der Waals surface area contributed by atoms with E-state index < -0.39 is 0 Å². The van der Waals surface area contributed by atoms with E-state index in [1.807, 2.05) is 12.1 Å². The van der Waals surface area contributed by atoms with Gasteiger partial charge in [0, 0.05) is 11.3 Å². The maximum absolute atomic E-state index is 13.7. The molecule has 31 heavy (non-hydrogen) atoms. The summed E-state index contributed by atoms with van der Waals surface area (Å²) < 4.78 is 13.7. The quantitative estimate of drug-likeness (QED) is 0.369. The minimum Gasteiger partial charge on any atom is -0.398 e. The Morgan fingerprint density at radius 2 is 1.68 bits per heavy atom. The summed E-state index contributed by atoms with van der Waals surface area (Å²) in [4.78, 5) is 0. The van der Waals surface area contributed by atoms with E-state index in [1.54, 1.807) is 13.0 Å². The highest BCUT2D eigenvalue weighted by atomic mass is 19.1. The number of hydrogen-bond donors (Lipinski definition) is 1. The summed E-state index contributed by atoms with van der Waals surface area (Å²) in [5.74, 6) is -0.167. The third kappa shape index (κ3) is 5.97. The Morgan fingerprint density at radius 3 is 2.26 bits per heavy atom. The van der Waals surface area contributed by atoms with Crippen LogP contribution in [0.25, 0.3) is 16.8 Å². The Hall–Kier alpha value is -2.61. The van der Waals surface area contributed by atoms with Gasteiger partial charge in [-0.1, -0.05) is 70.9 Å². The minimum atomic E-state index is -0.167. The summed E-state index contributed by atoms with van der Waals surface area (Å²) in [6, 6.07) is 11.9. The Morgan fingerprint density at radius 1 is 1.00 bits per heavy atom. The van der Waals surface area contributed by atoms with Gasteiger partial charge in [0.15, 0.2) is 0 Å². The zero-order valence-electron chi connectivity index (χ0n) is 20.1. The summed E-state index contributed by atoms with van der Waals surface area (Å²) >= 11 is 0. The maximum Gasteiger partial charge on any atom is 0.126 e. The second kappa shape index (κ2) is 11.7. The number of fused-ring (bicyclic) bond motifs is 1. The Balaban J connectivity index is 0.000000785. The van der Waals surface area contributed by atoms with E-state index >= 15 is 0 Å². The molecule has 0 atom stereocenters. The molecule has 2 N–H and O–H groups in total. The molecular formula is C29H38FN. The van der Waals surface area contributed by atoms with Crippen LogP contribution in [0.4, 0.5) is 4.39 Å². The second-order valence-electron chi connectivity index (χ2n) is 8.23. The van der Waals surface area contributed by atoms with Crippen molar-refractivity contribution in [2.24, 2.45) is 5.73 Å². The first-order valence-corrected chi connectivity index (χ1v) is 11.6. The van der Waals surface area contributed by atoms with E-state index in [9.17, 15) is 4.39 Å². The number of nitrogens with two attached hydrogens (primary N) is 1. The molecular weight excluding hydrogens is 381 g/mol. The SMILES string of the molecule is CC/C=C\C(=C(/C)c1ccc(F)c(C)c1)c1ccc2c(c1)C(N)=C(CC)C2.CCCC. The molecule has 166 valence electrons. The van der Waals surface area contributed by atoms with Gasteiger partial charge in [0.2, 0.25) is 0 Å². The second-order valence-corrected chi connectivity index (χ2v) is 8.23. The number of halogens is 1. The molecule has 3 rings (SSSR count). The van der Waals surface area contributed by atoms with Crippen LogP contribution in [0.2, 0.25) is 0 Å². The Labute approximate surface area is 188 Å². The van der Waals surface area contributed by atoms with Gasteiger partial charge in [-0.25, -0.2) is 4.39 Å². The first-order valence-electron chi connectivity index (χ1n) is 11.6. The largest absolute Gasteiger partial charge is 0.398 e. The molecule has 0 fully saturated rings. The number of rotatable bonds is 6. The fourth-order valence-corrected chi connectivity index (χ4v) is 3.69. The van der Waals surface area contributed by atoms with Crippen molar-refractivity contribution >= 4 is 16.8 Å². The van der Waals surface area contributed by atoms with E-state index in [2.05, 4.69) is 65.0 Å². The fourth-order valence-electron chi connectivity index (χ4n) is 3.69. The number of unbranched alkanes of at least 4 members (excludes halogenated alkanes) is 1. The molecule has 2 heteroatoms. The van der Waals surface area contributed by atoms with Crippen LogP contribution in [0.3, 0.4) is 0 Å². The van der Waals surface area contributed by atoms with Crippen LogP contribution < -0.4 is 5.73 Å². The third-order valence-electron chi connectivity index (χ3n) is 5.94. The van der Waals surface area contributed by atoms with Gasteiger partial charge in [-0.2, -0.15) is 0 Å². The molecule has 2 aromatic rings. The van der Waals surface area contributed by atoms with Crippen molar-refractivity contribution in [3.8, 4) is 0 Å². The Kier molecular flexibility index (Phi) is 9.30. The predicted molar refractivity (Wildman–Crippen MR) is 135 cm³/mol. The fraction of sp³-hybridized carbons (Fsp3) is 0.379. The lowest BCUT2D eigenvalue weighted by Gasteiger charge is -2.13. The molecule has 0 bridgehead atoms. The molecule has 1 aliphatic rings. The van der Waals surface area contributed by atoms with Gasteiger partial charge in [0.1, 0.15) is 5.82 Å². The summed E-state index contributed by atoms with van der Waals surface area (Å²) in [5.41, 5.74) is 16.3. The summed E-state index contributed by atoms with van der Waals surface area (Å²) in [7, 11) is 0. The number of hydrogen-bond acceptors (Lipinski definition) is 1. The first kappa shape index (κ1) is 24.7. The lowest BCUT2D eigenvalue weighted by Crippen LogP contribution is -1.97. The summed E-state index contributed by atoms with van der Waals surface area (Å²) in [5, 5.41) is 0. The highest BCUT2D eigenvalue weighted by Gasteiger charge is 2.19. The molecule has 2 aromatic carbocycles. The average Bonchev–Trinajstić information content (AvgIpc) is 3.11. The number of benzene rings is 2. The summed E-state index contributed by atoms with van der Waals surface area (Å²) in [6.45, 7) is 12.6. The van der Waals surface area contributed by atoms with Crippen molar-refractivity contribution in [2.45, 2.75) is 73.6 Å². The predicted octanol–water partition coefficient (Wildman–Crippen LogP) is 8.47. The van der Waals surface area contributed by atoms with E-state index in [0.717, 1.165) is 52.8 Å². The lowest BCUT2D eigenvalue weighted by molar-refractivity contribution is 0.618. The smallest absolute Gasteiger partial charge is 0.126 e. The Bertz CT molecular complexity index is 990. The molecule has 0 radical (unpaired) electrons. The zero-order valence-corrected chi connectivity index (χ0v) is 20.1. The van der Waals surface area contributed by atoms with Crippen molar-refractivity contribution in [1.82, 2.24) is 0 Å². The van der Waals surface area contributed by atoms with Crippen LogP contribution in [-0.4, -0.2) is 0 Å². The monoisotopic (exact) mass is 419 g/mol. The molecule has 0 aromatic heterocycles. The van der Waals surface area contributed by atoms with Gasteiger partial charge in [-0.3, -0.25) is 0 Å². The van der Waals surface area contributed by atoms with Gasteiger partial charge in [0.05, 0.1) is 0 Å². The molecule has 0 amide bonds. The molecule has 1 nitrogen and oxygen atoms in total. The number of allylic oxidation sites excluding steroid dienone is 5. The third-order valence-corrected chi connectivity index (χ3v) is 5.94. The lowest BCUT2D eigenvalue weighted by atomic mass is 9.92. The molecule has 1 aliphatic carbocycles. The van der Waals surface area contributed by atoms with E-state index in [-0.39, 0.29) is 5.82 Å². The van der Waals surface area contributed by atoms with Gasteiger partial charge >= 0.3 is 0 Å². The van der Waals surface area contributed by atoms with Crippen LogP contribution in [0.1, 0.15) is 88.1 Å². The van der Waals surface area contributed by atoms with Crippen molar-refractivity contribution in [3.63, 3.8) is 0 Å². The van der Waals surface area contributed by atoms with Crippen molar-refractivity contribution in [1.29, 1.82) is 0 Å². The highest BCUT2D eigenvalue weighted by molar-refractivity contribution is 5.95. The molecule has 0 saturated carbocycles. The van der Waals surface area contributed by atoms with Crippen LogP contribution in [0, 0.1) is 12.7 Å². The standard InChI is InChI=1S/C25H28FN.C4H10/c1-5-7-8-22(17(4)19-11-12-24(26)16(3)13-19)21-10-9-20-14-18(6-2)25(27)23(20)15-21;1-3-4-2/h7-13,15H,5-6,14,27H2,1-4H3;3-4H2,1-2H3/b8-7-,22-17-;. The van der Waals surface area contributed by atoms with Crippen LogP contribution in [-0.2, 0) is 6.42 Å². The minimum absolute atomic E-state index is 0.167. The van der Waals surface area contributed by atoms with Gasteiger partial charge in [-0.05, 0) is 90.3 Å². The van der Waals surface area contributed by atoms with Crippen LogP contribution in [0.5, 0.6) is 0 Å². The van der Waals surface area contributed by atoms with Crippen molar-refractivity contribution in [3.05, 3.63) is 87.8 Å². The highest BCUT2D eigenvalue weighted by Crippen LogP contribution is 2.35. The van der Waals surface area contributed by atoms with E-state index in [0.29, 0.717) is 5.56 Å². The average molecular weight is 420 g/mol. The van der Waals surface area contributed by atoms with Crippen molar-refractivity contribution in [2.75, 3.05) is 0 Å². The van der Waals surface area contributed by atoms with Crippen LogP contribution >= 0.6 is 0 Å². The number of aryl methyl sites for hydroxylation is 1. The summed E-state index contributed by atoms with van der Waals surface area (Å²) in [6.07, 6.45) is 9.89. The molecule has 0 heterocycles. The molecule has 0 unspecified atom stereocenters. The molecule has 0 spiro atoms. The van der Waals surface area contributed by atoms with E-state index in [1.165, 1.54) is 24.0 Å². The molecule has 0 aliphatic heterocycles. The maximum atomic E-state index is 13.7. The topological polar surface area (TPSA) is 26.0 Å². The first-order chi connectivity index (χ1) is 14.9. The molecule has 0 saturated heterocycles.